The van der Waals surface area contributed by atoms with Gasteiger partial charge in [-0.2, -0.15) is 0 Å². The molecule has 0 aliphatic carbocycles. The first-order valence-electron chi connectivity index (χ1n) is 9.80. The van der Waals surface area contributed by atoms with Crippen molar-refractivity contribution in [2.75, 3.05) is 26.9 Å². The third kappa shape index (κ3) is 5.68. The van der Waals surface area contributed by atoms with E-state index >= 15 is 0 Å². The highest BCUT2D eigenvalue weighted by Crippen LogP contribution is 2.34. The zero-order valence-electron chi connectivity index (χ0n) is 17.8. The highest BCUT2D eigenvalue weighted by molar-refractivity contribution is 8.26. The van der Waals surface area contributed by atoms with Gasteiger partial charge in [-0.05, 0) is 49.2 Å². The van der Waals surface area contributed by atoms with Gasteiger partial charge in [-0.3, -0.25) is 9.69 Å². The van der Waals surface area contributed by atoms with Gasteiger partial charge in [0.2, 0.25) is 0 Å². The van der Waals surface area contributed by atoms with Gasteiger partial charge in [0.05, 0.1) is 12.0 Å². The van der Waals surface area contributed by atoms with Gasteiger partial charge in [0, 0.05) is 6.54 Å². The molecule has 0 N–H and O–H groups in total. The lowest BCUT2D eigenvalue weighted by Crippen LogP contribution is -2.27. The fraction of sp³-hybridized carbons (Fsp3) is 0.250. The average molecular weight is 456 g/mol. The molecule has 0 aromatic heterocycles. The summed E-state index contributed by atoms with van der Waals surface area (Å²) in [6, 6.07) is 11.6. The van der Waals surface area contributed by atoms with E-state index in [2.05, 4.69) is 19.6 Å². The smallest absolute Gasteiger partial charge is 0.266 e. The number of amides is 1. The van der Waals surface area contributed by atoms with Gasteiger partial charge < -0.3 is 14.2 Å². The number of methoxy groups -OCH3 is 1. The van der Waals surface area contributed by atoms with Crippen molar-refractivity contribution in [2.45, 2.75) is 13.8 Å². The number of ether oxygens (including phenoxy) is 3. The van der Waals surface area contributed by atoms with Gasteiger partial charge in [0.15, 0.2) is 11.5 Å². The van der Waals surface area contributed by atoms with Crippen molar-refractivity contribution < 1.29 is 19.0 Å². The molecule has 0 saturated carbocycles. The Hall–Kier alpha value is -2.77. The van der Waals surface area contributed by atoms with Crippen LogP contribution in [0.1, 0.15) is 16.7 Å². The van der Waals surface area contributed by atoms with Crippen molar-refractivity contribution >= 4 is 40.3 Å². The summed E-state index contributed by atoms with van der Waals surface area (Å²) >= 11 is 6.56. The molecule has 162 valence electrons. The number of nitrogens with zero attached hydrogens (tertiary/aromatic N) is 1. The van der Waals surface area contributed by atoms with Crippen LogP contribution >= 0.6 is 24.0 Å². The standard InChI is InChI=1S/C24H25NO4S2/c1-5-10-25-23(26)22(31-24(25)30)15-18-7-9-20(21(14-18)27-4)29-12-11-28-19-8-6-16(2)13-17(19)3/h5-9,13-15H,1,10-12H2,2-4H3/b22-15+. The van der Waals surface area contributed by atoms with Crippen molar-refractivity contribution in [3.05, 3.63) is 70.6 Å². The van der Waals surface area contributed by atoms with E-state index in [0.717, 1.165) is 16.9 Å². The lowest BCUT2D eigenvalue weighted by molar-refractivity contribution is -0.121. The van der Waals surface area contributed by atoms with Crippen molar-refractivity contribution in [3.8, 4) is 17.2 Å². The summed E-state index contributed by atoms with van der Waals surface area (Å²) in [5.41, 5.74) is 3.13. The predicted molar refractivity (Wildman–Crippen MR) is 130 cm³/mol. The number of hydrogen-bond acceptors (Lipinski definition) is 6. The molecular formula is C24H25NO4S2. The van der Waals surface area contributed by atoms with Crippen LogP contribution in [0.3, 0.4) is 0 Å². The lowest BCUT2D eigenvalue weighted by atomic mass is 10.1. The number of hydrogen-bond donors (Lipinski definition) is 0. The molecule has 31 heavy (non-hydrogen) atoms. The van der Waals surface area contributed by atoms with Crippen molar-refractivity contribution in [3.63, 3.8) is 0 Å². The number of thiocarbonyl (C=S) groups is 1. The Balaban J connectivity index is 1.63. The highest BCUT2D eigenvalue weighted by Gasteiger charge is 2.31. The van der Waals surface area contributed by atoms with Gasteiger partial charge in [0.25, 0.3) is 5.91 Å². The zero-order valence-corrected chi connectivity index (χ0v) is 19.5. The molecule has 2 aromatic rings. The van der Waals surface area contributed by atoms with Crippen LogP contribution in [-0.2, 0) is 4.79 Å². The molecule has 1 heterocycles. The SMILES string of the molecule is C=CCN1C(=O)/C(=C\c2ccc(OCCOc3ccc(C)cc3C)c(OC)c2)SC1=S. The molecule has 0 spiro atoms. The van der Waals surface area contributed by atoms with E-state index in [1.807, 2.05) is 37.3 Å². The number of carbonyl (C=O) groups excluding carboxylic acids is 1. The van der Waals surface area contributed by atoms with Crippen LogP contribution in [0.5, 0.6) is 17.2 Å². The first-order valence-corrected chi connectivity index (χ1v) is 11.0. The Morgan fingerprint density at radius 1 is 1.06 bits per heavy atom. The number of aryl methyl sites for hydroxylation is 2. The molecular weight excluding hydrogens is 430 g/mol. The second-order valence-corrected chi connectivity index (χ2v) is 8.63. The van der Waals surface area contributed by atoms with Gasteiger partial charge in [-0.15, -0.1) is 6.58 Å². The Morgan fingerprint density at radius 2 is 1.77 bits per heavy atom. The van der Waals surface area contributed by atoms with Crippen molar-refractivity contribution in [2.24, 2.45) is 0 Å². The average Bonchev–Trinajstić information content (AvgIpc) is 3.00. The Kier molecular flexibility index (Phi) is 7.76. The minimum Gasteiger partial charge on any atom is -0.493 e. The fourth-order valence-electron chi connectivity index (χ4n) is 3.10. The molecule has 7 heteroatoms. The third-order valence-electron chi connectivity index (χ3n) is 4.60. The van der Waals surface area contributed by atoms with Gasteiger partial charge in [-0.1, -0.05) is 53.8 Å². The summed E-state index contributed by atoms with van der Waals surface area (Å²) in [5.74, 6) is 1.94. The van der Waals surface area contributed by atoms with Crippen LogP contribution < -0.4 is 14.2 Å². The Bertz CT molecular complexity index is 1030. The normalized spacial score (nSPS) is 14.8. The molecule has 1 amide bonds. The minimum absolute atomic E-state index is 0.113. The van der Waals surface area contributed by atoms with E-state index in [0.29, 0.717) is 40.5 Å². The highest BCUT2D eigenvalue weighted by atomic mass is 32.2. The summed E-state index contributed by atoms with van der Waals surface area (Å²) in [4.78, 5) is 14.6. The van der Waals surface area contributed by atoms with Crippen molar-refractivity contribution in [1.82, 2.24) is 4.90 Å². The summed E-state index contributed by atoms with van der Waals surface area (Å²) in [5, 5.41) is 0. The molecule has 3 rings (SSSR count). The lowest BCUT2D eigenvalue weighted by Gasteiger charge is -2.13. The van der Waals surface area contributed by atoms with E-state index in [-0.39, 0.29) is 5.91 Å². The second-order valence-electron chi connectivity index (χ2n) is 6.96. The second kappa shape index (κ2) is 10.5. The van der Waals surface area contributed by atoms with E-state index < -0.39 is 0 Å². The van der Waals surface area contributed by atoms with E-state index in [1.54, 1.807) is 19.3 Å². The van der Waals surface area contributed by atoms with Crippen LogP contribution in [0.4, 0.5) is 0 Å². The van der Waals surface area contributed by atoms with E-state index in [1.165, 1.54) is 22.2 Å². The Morgan fingerprint density at radius 3 is 2.45 bits per heavy atom. The van der Waals surface area contributed by atoms with Gasteiger partial charge in [0.1, 0.15) is 23.3 Å². The largest absolute Gasteiger partial charge is 0.493 e. The number of carbonyl (C=O) groups is 1. The summed E-state index contributed by atoms with van der Waals surface area (Å²) < 4.78 is 17.7. The Labute approximate surface area is 192 Å². The minimum atomic E-state index is -0.113. The molecule has 0 unspecified atom stereocenters. The molecule has 0 radical (unpaired) electrons. The van der Waals surface area contributed by atoms with Gasteiger partial charge in [-0.25, -0.2) is 0 Å². The molecule has 1 fully saturated rings. The molecule has 1 saturated heterocycles. The topological polar surface area (TPSA) is 48.0 Å². The first-order chi connectivity index (χ1) is 14.9. The number of rotatable bonds is 9. The summed E-state index contributed by atoms with van der Waals surface area (Å²) in [6.07, 6.45) is 3.46. The van der Waals surface area contributed by atoms with E-state index in [9.17, 15) is 4.79 Å². The van der Waals surface area contributed by atoms with Crippen LogP contribution in [0, 0.1) is 13.8 Å². The summed E-state index contributed by atoms with van der Waals surface area (Å²) in [6.45, 7) is 8.95. The number of thioether (sulfide) groups is 1. The first kappa shape index (κ1) is 22.9. The van der Waals surface area contributed by atoms with Crippen molar-refractivity contribution in [1.29, 1.82) is 0 Å². The zero-order chi connectivity index (χ0) is 22.4. The molecule has 1 aliphatic rings. The maximum atomic E-state index is 12.5. The van der Waals surface area contributed by atoms with E-state index in [4.69, 9.17) is 26.4 Å². The molecule has 5 nitrogen and oxygen atoms in total. The molecule has 0 atom stereocenters. The molecule has 0 bridgehead atoms. The molecule has 1 aliphatic heterocycles. The third-order valence-corrected chi connectivity index (χ3v) is 5.98. The molecule has 2 aromatic carbocycles. The van der Waals surface area contributed by atoms with Crippen LogP contribution in [0.25, 0.3) is 6.08 Å². The number of benzene rings is 2. The summed E-state index contributed by atoms with van der Waals surface area (Å²) in [7, 11) is 1.59. The monoisotopic (exact) mass is 455 g/mol. The maximum absolute atomic E-state index is 12.5. The fourth-order valence-corrected chi connectivity index (χ4v) is 4.37. The quantitative estimate of drug-likeness (QED) is 0.225. The van der Waals surface area contributed by atoms with Gasteiger partial charge >= 0.3 is 0 Å². The van der Waals surface area contributed by atoms with Crippen LogP contribution in [0.2, 0.25) is 0 Å². The maximum Gasteiger partial charge on any atom is 0.266 e. The van der Waals surface area contributed by atoms with Crippen LogP contribution in [0.15, 0.2) is 54.0 Å². The van der Waals surface area contributed by atoms with Crippen LogP contribution in [-0.4, -0.2) is 42.0 Å². The predicted octanol–water partition coefficient (Wildman–Crippen LogP) is 5.16.